The number of nitrogens with zero attached hydrogens (tertiary/aromatic N) is 2. The van der Waals surface area contributed by atoms with Crippen molar-refractivity contribution in [2.24, 2.45) is 10.4 Å². The van der Waals surface area contributed by atoms with Crippen molar-refractivity contribution in [2.45, 2.75) is 32.7 Å². The Hall–Kier alpha value is -2.57. The maximum atomic E-state index is 12.2. The molecule has 0 amide bonds. The molecule has 2 aromatic rings. The number of ether oxygens (including phenoxy) is 1. The molecule has 0 radical (unpaired) electrons. The number of amidine groups is 1. The van der Waals surface area contributed by atoms with Crippen LogP contribution in [-0.4, -0.2) is 47.5 Å². The van der Waals surface area contributed by atoms with Gasteiger partial charge in [-0.2, -0.15) is 0 Å². The predicted octanol–water partition coefficient (Wildman–Crippen LogP) is 4.69. The Morgan fingerprint density at radius 3 is 2.77 bits per heavy atom. The van der Waals surface area contributed by atoms with E-state index in [4.69, 9.17) is 21.3 Å². The molecule has 0 aliphatic carbocycles. The lowest BCUT2D eigenvalue weighted by Gasteiger charge is -2.43. The number of carboxylic acid groups (broad SMARTS) is 1. The fourth-order valence-corrected chi connectivity index (χ4v) is 4.61. The van der Waals surface area contributed by atoms with Crippen molar-refractivity contribution >= 4 is 29.1 Å². The molecule has 2 heterocycles. The maximum absolute atomic E-state index is 12.2. The third-order valence-corrected chi connectivity index (χ3v) is 6.56. The quantitative estimate of drug-likeness (QED) is 0.740. The molecule has 1 saturated heterocycles. The van der Waals surface area contributed by atoms with Crippen molar-refractivity contribution in [3.8, 4) is 11.5 Å². The monoisotopic (exact) mass is 427 g/mol. The molecule has 0 spiro atoms. The number of rotatable bonds is 4. The minimum Gasteiger partial charge on any atom is -0.481 e. The number of hydrogen-bond acceptors (Lipinski definition) is 5. The molecule has 2 aliphatic rings. The summed E-state index contributed by atoms with van der Waals surface area (Å²) in [6.07, 6.45) is 1.13. The number of fused-ring (bicyclic) bond motifs is 2. The molecule has 0 unspecified atom stereocenters. The van der Waals surface area contributed by atoms with Gasteiger partial charge in [-0.3, -0.25) is 4.79 Å². The topological polar surface area (TPSA) is 74.2 Å². The van der Waals surface area contributed by atoms with E-state index in [9.17, 15) is 9.90 Å². The molecule has 2 aromatic carbocycles. The summed E-state index contributed by atoms with van der Waals surface area (Å²) in [6, 6.07) is 13.0. The van der Waals surface area contributed by atoms with Gasteiger partial charge in [0.05, 0.1) is 11.0 Å². The van der Waals surface area contributed by atoms with E-state index in [-0.39, 0.29) is 6.04 Å². The van der Waals surface area contributed by atoms with E-state index in [1.54, 1.807) is 12.1 Å². The van der Waals surface area contributed by atoms with Gasteiger partial charge in [0.2, 0.25) is 0 Å². The summed E-state index contributed by atoms with van der Waals surface area (Å²) in [6.45, 7) is 5.86. The van der Waals surface area contributed by atoms with Gasteiger partial charge < -0.3 is 20.1 Å². The van der Waals surface area contributed by atoms with Gasteiger partial charge in [-0.25, -0.2) is 4.99 Å². The summed E-state index contributed by atoms with van der Waals surface area (Å²) < 4.78 is 6.14. The number of carbonyl (C=O) groups is 1. The standard InChI is InChI=1S/C23H26ClN3O3/c1-3-23(4-2,22(28)29)20-14-27(12-11-25-20)21-16-7-5-6-8-18(16)30-19-10-9-15(24)13-17(19)26-21/h5-10,13,20,25H,3-4,11-12,14H2,1-2H3,(H,28,29)/t20-/m0/s1. The van der Waals surface area contributed by atoms with Crippen LogP contribution in [0.2, 0.25) is 5.02 Å². The molecule has 1 fully saturated rings. The van der Waals surface area contributed by atoms with E-state index in [0.29, 0.717) is 42.4 Å². The van der Waals surface area contributed by atoms with Crippen molar-refractivity contribution in [1.29, 1.82) is 0 Å². The normalized spacial score (nSPS) is 18.6. The number of carboxylic acids is 1. The molecule has 30 heavy (non-hydrogen) atoms. The highest BCUT2D eigenvalue weighted by Crippen LogP contribution is 2.40. The minimum atomic E-state index is -0.818. The van der Waals surface area contributed by atoms with Crippen molar-refractivity contribution in [3.63, 3.8) is 0 Å². The number of aliphatic carboxylic acids is 1. The highest BCUT2D eigenvalue weighted by molar-refractivity contribution is 6.31. The summed E-state index contributed by atoms with van der Waals surface area (Å²) in [5.41, 5.74) is 0.736. The Morgan fingerprint density at radius 1 is 1.27 bits per heavy atom. The van der Waals surface area contributed by atoms with Crippen LogP contribution in [0.25, 0.3) is 0 Å². The Labute approximate surface area is 181 Å². The van der Waals surface area contributed by atoms with Crippen LogP contribution in [0, 0.1) is 5.41 Å². The number of benzene rings is 2. The molecule has 7 heteroatoms. The minimum absolute atomic E-state index is 0.184. The van der Waals surface area contributed by atoms with Gasteiger partial charge in [0.15, 0.2) is 5.75 Å². The molecule has 0 aromatic heterocycles. The fourth-order valence-electron chi connectivity index (χ4n) is 4.45. The van der Waals surface area contributed by atoms with Gasteiger partial charge in [-0.05, 0) is 43.2 Å². The SMILES string of the molecule is CCC(CC)(C(=O)O)[C@@H]1CN(C2=Nc3cc(Cl)ccc3Oc3ccccc32)CCN1. The van der Waals surface area contributed by atoms with E-state index in [0.717, 1.165) is 23.7 Å². The lowest BCUT2D eigenvalue weighted by atomic mass is 9.74. The van der Waals surface area contributed by atoms with Crippen LogP contribution in [0.1, 0.15) is 32.3 Å². The molecular formula is C23H26ClN3O3. The third kappa shape index (κ3) is 3.55. The van der Waals surface area contributed by atoms with Crippen LogP contribution in [0.3, 0.4) is 0 Å². The Bertz CT molecular complexity index is 987. The Morgan fingerprint density at radius 2 is 2.03 bits per heavy atom. The van der Waals surface area contributed by atoms with Crippen LogP contribution in [0.5, 0.6) is 11.5 Å². The van der Waals surface area contributed by atoms with Gasteiger partial charge in [-0.15, -0.1) is 0 Å². The zero-order valence-electron chi connectivity index (χ0n) is 17.2. The molecule has 2 aliphatic heterocycles. The first-order valence-corrected chi connectivity index (χ1v) is 10.7. The lowest BCUT2D eigenvalue weighted by Crippen LogP contribution is -2.61. The van der Waals surface area contributed by atoms with Crippen molar-refractivity contribution in [1.82, 2.24) is 10.2 Å². The second-order valence-corrected chi connectivity index (χ2v) is 8.20. The summed E-state index contributed by atoms with van der Waals surface area (Å²) in [4.78, 5) is 19.3. The molecule has 0 saturated carbocycles. The lowest BCUT2D eigenvalue weighted by molar-refractivity contribution is -0.152. The summed E-state index contributed by atoms with van der Waals surface area (Å²) in [5, 5.41) is 14.1. The first kappa shape index (κ1) is 20.7. The maximum Gasteiger partial charge on any atom is 0.311 e. The van der Waals surface area contributed by atoms with Crippen LogP contribution in [0.4, 0.5) is 5.69 Å². The van der Waals surface area contributed by atoms with Gasteiger partial charge in [0.1, 0.15) is 17.3 Å². The number of aliphatic imine (C=N–C) groups is 1. The van der Waals surface area contributed by atoms with E-state index in [2.05, 4.69) is 10.2 Å². The second-order valence-electron chi connectivity index (χ2n) is 7.77. The van der Waals surface area contributed by atoms with E-state index < -0.39 is 11.4 Å². The van der Waals surface area contributed by atoms with Crippen molar-refractivity contribution in [2.75, 3.05) is 19.6 Å². The highest BCUT2D eigenvalue weighted by Gasteiger charge is 2.45. The van der Waals surface area contributed by atoms with E-state index >= 15 is 0 Å². The number of para-hydroxylation sites is 1. The summed E-state index contributed by atoms with van der Waals surface area (Å²) >= 11 is 6.22. The van der Waals surface area contributed by atoms with Crippen LogP contribution >= 0.6 is 11.6 Å². The molecule has 158 valence electrons. The first-order valence-electron chi connectivity index (χ1n) is 10.4. The number of halogens is 1. The average Bonchev–Trinajstić information content (AvgIpc) is 2.91. The van der Waals surface area contributed by atoms with Crippen LogP contribution < -0.4 is 10.1 Å². The van der Waals surface area contributed by atoms with Crippen molar-refractivity contribution < 1.29 is 14.6 Å². The average molecular weight is 428 g/mol. The van der Waals surface area contributed by atoms with Crippen LogP contribution in [-0.2, 0) is 4.79 Å². The second kappa shape index (κ2) is 8.28. The highest BCUT2D eigenvalue weighted by atomic mass is 35.5. The zero-order valence-corrected chi connectivity index (χ0v) is 17.9. The van der Waals surface area contributed by atoms with Gasteiger partial charge in [-0.1, -0.05) is 37.6 Å². The Kier molecular flexibility index (Phi) is 5.71. The van der Waals surface area contributed by atoms with Gasteiger partial charge in [0.25, 0.3) is 0 Å². The number of piperazine rings is 1. The molecule has 4 rings (SSSR count). The Balaban J connectivity index is 1.77. The fraction of sp³-hybridized carbons (Fsp3) is 0.391. The molecule has 0 bridgehead atoms. The third-order valence-electron chi connectivity index (χ3n) is 6.32. The van der Waals surface area contributed by atoms with Gasteiger partial charge >= 0.3 is 5.97 Å². The smallest absolute Gasteiger partial charge is 0.311 e. The largest absolute Gasteiger partial charge is 0.481 e. The number of hydrogen-bond donors (Lipinski definition) is 2. The molecule has 6 nitrogen and oxygen atoms in total. The zero-order chi connectivity index (χ0) is 21.3. The first-order chi connectivity index (χ1) is 14.5. The van der Waals surface area contributed by atoms with E-state index in [1.165, 1.54) is 0 Å². The summed E-state index contributed by atoms with van der Waals surface area (Å²) in [5.74, 6) is 1.40. The van der Waals surface area contributed by atoms with E-state index in [1.807, 2.05) is 44.2 Å². The van der Waals surface area contributed by atoms with Crippen molar-refractivity contribution in [3.05, 3.63) is 53.1 Å². The molecular weight excluding hydrogens is 402 g/mol. The molecule has 2 N–H and O–H groups in total. The molecule has 1 atom stereocenters. The predicted molar refractivity (Wildman–Crippen MR) is 118 cm³/mol. The number of nitrogens with one attached hydrogen (secondary N) is 1. The van der Waals surface area contributed by atoms with Gasteiger partial charge in [0, 0.05) is 30.7 Å². The summed E-state index contributed by atoms with van der Waals surface area (Å²) in [7, 11) is 0. The van der Waals surface area contributed by atoms with Crippen LogP contribution in [0.15, 0.2) is 47.5 Å².